The predicted octanol–water partition coefficient (Wildman–Crippen LogP) is 2.13. The average molecular weight is 283 g/mol. The number of likely N-dealkylation sites (tertiary alicyclic amines) is 1. The first kappa shape index (κ1) is 17.4. The summed E-state index contributed by atoms with van der Waals surface area (Å²) < 4.78 is 0. The van der Waals surface area contributed by atoms with Gasteiger partial charge in [0, 0.05) is 25.6 Å². The fourth-order valence-corrected chi connectivity index (χ4v) is 3.04. The van der Waals surface area contributed by atoms with E-state index in [0.717, 1.165) is 51.7 Å². The number of nitrogens with two attached hydrogens (primary N) is 1. The normalized spacial score (nSPS) is 18.9. The van der Waals surface area contributed by atoms with Crippen LogP contribution in [0.2, 0.25) is 0 Å². The highest BCUT2D eigenvalue weighted by Crippen LogP contribution is 2.15. The third kappa shape index (κ3) is 6.71. The van der Waals surface area contributed by atoms with Crippen LogP contribution in [0.5, 0.6) is 0 Å². The summed E-state index contributed by atoms with van der Waals surface area (Å²) in [5, 5.41) is 3.21. The van der Waals surface area contributed by atoms with Crippen molar-refractivity contribution in [2.24, 2.45) is 11.7 Å². The lowest BCUT2D eigenvalue weighted by Gasteiger charge is -2.32. The van der Waals surface area contributed by atoms with E-state index >= 15 is 0 Å². The Hall–Kier alpha value is -0.610. The number of hydrogen-bond donors (Lipinski definition) is 2. The summed E-state index contributed by atoms with van der Waals surface area (Å²) in [6.45, 7) is 8.59. The zero-order chi connectivity index (χ0) is 14.8. The van der Waals surface area contributed by atoms with Gasteiger partial charge in [0.25, 0.3) is 0 Å². The lowest BCUT2D eigenvalue weighted by Crippen LogP contribution is -2.44. The molecule has 0 saturated carbocycles. The molecule has 0 aromatic heterocycles. The summed E-state index contributed by atoms with van der Waals surface area (Å²) in [6.07, 6.45) is 7.23. The van der Waals surface area contributed by atoms with Crippen LogP contribution >= 0.6 is 0 Å². The first-order valence-corrected chi connectivity index (χ1v) is 8.41. The summed E-state index contributed by atoms with van der Waals surface area (Å²) in [6, 6.07) is 0.394. The van der Waals surface area contributed by atoms with Gasteiger partial charge in [0.05, 0.1) is 0 Å². The summed E-state index contributed by atoms with van der Waals surface area (Å²) in [4.78, 5) is 14.5. The molecule has 1 unspecified atom stereocenters. The van der Waals surface area contributed by atoms with Gasteiger partial charge in [-0.15, -0.1) is 0 Å². The third-order valence-corrected chi connectivity index (χ3v) is 4.42. The maximum absolute atomic E-state index is 12.0. The van der Waals surface area contributed by atoms with Crippen molar-refractivity contribution in [2.45, 2.75) is 64.8 Å². The van der Waals surface area contributed by atoms with Crippen LogP contribution in [0, 0.1) is 5.92 Å². The predicted molar refractivity (Wildman–Crippen MR) is 84.6 cm³/mol. The van der Waals surface area contributed by atoms with Gasteiger partial charge in [-0.1, -0.05) is 20.3 Å². The molecule has 0 aromatic rings. The van der Waals surface area contributed by atoms with Gasteiger partial charge in [0.15, 0.2) is 0 Å². The van der Waals surface area contributed by atoms with Gasteiger partial charge >= 0.3 is 0 Å². The number of amides is 1. The molecule has 1 amide bonds. The molecule has 20 heavy (non-hydrogen) atoms. The van der Waals surface area contributed by atoms with Gasteiger partial charge in [-0.05, 0) is 51.1 Å². The second kappa shape index (κ2) is 10.2. The summed E-state index contributed by atoms with van der Waals surface area (Å²) >= 11 is 0. The molecule has 3 N–H and O–H groups in total. The molecule has 1 aliphatic heterocycles. The number of rotatable bonds is 9. The van der Waals surface area contributed by atoms with Crippen LogP contribution in [0.25, 0.3) is 0 Å². The molecule has 1 saturated heterocycles. The molecule has 0 aliphatic carbocycles. The molecule has 1 heterocycles. The molecule has 118 valence electrons. The van der Waals surface area contributed by atoms with Gasteiger partial charge in [0.2, 0.25) is 5.91 Å². The van der Waals surface area contributed by atoms with E-state index in [-0.39, 0.29) is 5.91 Å². The van der Waals surface area contributed by atoms with Gasteiger partial charge in [-0.25, -0.2) is 0 Å². The number of hydrogen-bond acceptors (Lipinski definition) is 3. The van der Waals surface area contributed by atoms with E-state index in [2.05, 4.69) is 24.1 Å². The highest BCUT2D eigenvalue weighted by molar-refractivity contribution is 5.76. The molecule has 0 spiro atoms. The van der Waals surface area contributed by atoms with Crippen molar-refractivity contribution in [2.75, 3.05) is 26.2 Å². The second-order valence-electron chi connectivity index (χ2n) is 6.07. The van der Waals surface area contributed by atoms with Crippen LogP contribution in [0.15, 0.2) is 0 Å². The Balaban J connectivity index is 2.16. The minimum atomic E-state index is 0.231. The Kier molecular flexibility index (Phi) is 8.86. The van der Waals surface area contributed by atoms with E-state index in [0.29, 0.717) is 18.4 Å². The number of nitrogens with zero attached hydrogens (tertiary/aromatic N) is 1. The Morgan fingerprint density at radius 1 is 1.30 bits per heavy atom. The van der Waals surface area contributed by atoms with Gasteiger partial charge in [-0.2, -0.15) is 0 Å². The van der Waals surface area contributed by atoms with Crippen molar-refractivity contribution in [3.63, 3.8) is 0 Å². The van der Waals surface area contributed by atoms with Crippen molar-refractivity contribution in [1.29, 1.82) is 0 Å². The molecule has 4 nitrogen and oxygen atoms in total. The van der Waals surface area contributed by atoms with Crippen molar-refractivity contribution < 1.29 is 4.79 Å². The van der Waals surface area contributed by atoms with Crippen LogP contribution in [-0.2, 0) is 4.79 Å². The topological polar surface area (TPSA) is 58.4 Å². The number of nitrogens with one attached hydrogen (secondary N) is 1. The number of carbonyl (C=O) groups excluding carboxylic acids is 1. The third-order valence-electron chi connectivity index (χ3n) is 4.42. The molecule has 1 rings (SSSR count). The largest absolute Gasteiger partial charge is 0.353 e. The summed E-state index contributed by atoms with van der Waals surface area (Å²) in [5.74, 6) is 0.839. The van der Waals surface area contributed by atoms with E-state index in [4.69, 9.17) is 5.73 Å². The van der Waals surface area contributed by atoms with Crippen molar-refractivity contribution in [3.05, 3.63) is 0 Å². The fraction of sp³-hybridized carbons (Fsp3) is 0.938. The minimum Gasteiger partial charge on any atom is -0.353 e. The molecule has 0 aromatic carbocycles. The van der Waals surface area contributed by atoms with E-state index in [1.165, 1.54) is 13.0 Å². The van der Waals surface area contributed by atoms with Crippen LogP contribution < -0.4 is 11.1 Å². The molecule has 4 heteroatoms. The smallest absolute Gasteiger partial charge is 0.220 e. The number of carbonyl (C=O) groups is 1. The fourth-order valence-electron chi connectivity index (χ4n) is 3.04. The lowest BCUT2D eigenvalue weighted by molar-refractivity contribution is -0.122. The Bertz CT molecular complexity index is 262. The van der Waals surface area contributed by atoms with Crippen LogP contribution in [0.3, 0.4) is 0 Å². The molecule has 0 bridgehead atoms. The Morgan fingerprint density at radius 2 is 2.00 bits per heavy atom. The number of piperidine rings is 1. The quantitative estimate of drug-likeness (QED) is 0.681. The van der Waals surface area contributed by atoms with Gasteiger partial charge in [-0.3, -0.25) is 4.79 Å². The molecular weight excluding hydrogens is 250 g/mol. The summed E-state index contributed by atoms with van der Waals surface area (Å²) in [7, 11) is 0. The van der Waals surface area contributed by atoms with E-state index in [1.54, 1.807) is 0 Å². The zero-order valence-electron chi connectivity index (χ0n) is 13.4. The average Bonchev–Trinajstić information content (AvgIpc) is 2.46. The molecule has 0 radical (unpaired) electrons. The second-order valence-corrected chi connectivity index (χ2v) is 6.07. The summed E-state index contributed by atoms with van der Waals surface area (Å²) in [5.41, 5.74) is 5.59. The van der Waals surface area contributed by atoms with Crippen molar-refractivity contribution in [1.82, 2.24) is 10.2 Å². The Labute approximate surface area is 124 Å². The maximum atomic E-state index is 12.0. The minimum absolute atomic E-state index is 0.231. The molecule has 1 atom stereocenters. The first-order chi connectivity index (χ1) is 9.69. The highest BCUT2D eigenvalue weighted by atomic mass is 16.1. The van der Waals surface area contributed by atoms with Crippen LogP contribution in [-0.4, -0.2) is 43.0 Å². The van der Waals surface area contributed by atoms with Crippen LogP contribution in [0.1, 0.15) is 58.8 Å². The van der Waals surface area contributed by atoms with Gasteiger partial charge < -0.3 is 16.0 Å². The van der Waals surface area contributed by atoms with Crippen LogP contribution in [0.4, 0.5) is 0 Å². The SMILES string of the molecule is CCCN1CCC(NC(=O)CCC(CC)CCN)CC1. The lowest BCUT2D eigenvalue weighted by atomic mass is 9.96. The van der Waals surface area contributed by atoms with Gasteiger partial charge in [0.1, 0.15) is 0 Å². The maximum Gasteiger partial charge on any atom is 0.220 e. The van der Waals surface area contributed by atoms with E-state index < -0.39 is 0 Å². The molecule has 1 aliphatic rings. The molecular formula is C16H33N3O. The monoisotopic (exact) mass is 283 g/mol. The van der Waals surface area contributed by atoms with E-state index in [1.807, 2.05) is 0 Å². The van der Waals surface area contributed by atoms with Crippen molar-refractivity contribution in [3.8, 4) is 0 Å². The standard InChI is InChI=1S/C16H33N3O/c1-3-11-19-12-8-15(9-13-19)18-16(20)6-5-14(4-2)7-10-17/h14-15H,3-13,17H2,1-2H3,(H,18,20). The highest BCUT2D eigenvalue weighted by Gasteiger charge is 2.20. The first-order valence-electron chi connectivity index (χ1n) is 8.41. The Morgan fingerprint density at radius 3 is 2.55 bits per heavy atom. The van der Waals surface area contributed by atoms with Crippen molar-refractivity contribution >= 4 is 5.91 Å². The molecule has 1 fully saturated rings. The zero-order valence-corrected chi connectivity index (χ0v) is 13.4. The van der Waals surface area contributed by atoms with E-state index in [9.17, 15) is 4.79 Å².